The summed E-state index contributed by atoms with van der Waals surface area (Å²) < 4.78 is 4.72. The Balaban J connectivity index is 2.38. The lowest BCUT2D eigenvalue weighted by Gasteiger charge is -2.14. The largest absolute Gasteiger partial charge is 0.465 e. The zero-order chi connectivity index (χ0) is 14.7. The van der Waals surface area contributed by atoms with Crippen LogP contribution >= 0.6 is 0 Å². The Hall–Kier alpha value is -2.49. The summed E-state index contributed by atoms with van der Waals surface area (Å²) in [6.45, 7) is 4.09. The maximum atomic E-state index is 11.6. The van der Waals surface area contributed by atoms with E-state index in [0.29, 0.717) is 16.9 Å². The molecular weight excluding hydrogens is 252 g/mol. The van der Waals surface area contributed by atoms with Crippen molar-refractivity contribution < 1.29 is 9.53 Å². The van der Waals surface area contributed by atoms with Crippen molar-refractivity contribution in [2.24, 2.45) is 0 Å². The van der Waals surface area contributed by atoms with Crippen LogP contribution < -0.4 is 11.1 Å². The number of nitrogens with two attached hydrogens (primary N) is 1. The molecule has 104 valence electrons. The molecule has 4 nitrogen and oxygen atoms in total. The van der Waals surface area contributed by atoms with E-state index in [1.807, 2.05) is 19.1 Å². The van der Waals surface area contributed by atoms with Gasteiger partial charge in [-0.3, -0.25) is 0 Å². The summed E-state index contributed by atoms with van der Waals surface area (Å²) in [7, 11) is 1.36. The van der Waals surface area contributed by atoms with Crippen LogP contribution in [0.1, 0.15) is 21.5 Å². The van der Waals surface area contributed by atoms with Crippen molar-refractivity contribution >= 4 is 23.0 Å². The van der Waals surface area contributed by atoms with Crippen LogP contribution in [0.4, 0.5) is 17.1 Å². The van der Waals surface area contributed by atoms with Gasteiger partial charge in [0.15, 0.2) is 0 Å². The minimum absolute atomic E-state index is 0.381. The number of carbonyl (C=O) groups is 1. The fourth-order valence-corrected chi connectivity index (χ4v) is 1.94. The van der Waals surface area contributed by atoms with Crippen molar-refractivity contribution in [3.8, 4) is 0 Å². The summed E-state index contributed by atoms with van der Waals surface area (Å²) in [5.74, 6) is -0.381. The third-order valence-corrected chi connectivity index (χ3v) is 3.35. The lowest BCUT2D eigenvalue weighted by molar-refractivity contribution is 0.0601. The van der Waals surface area contributed by atoms with Gasteiger partial charge in [0, 0.05) is 5.69 Å². The smallest absolute Gasteiger partial charge is 0.337 e. The molecule has 2 aromatic carbocycles. The first-order valence-electron chi connectivity index (χ1n) is 6.34. The fourth-order valence-electron chi connectivity index (χ4n) is 1.94. The number of hydrogen-bond donors (Lipinski definition) is 2. The van der Waals surface area contributed by atoms with E-state index in [1.54, 1.807) is 18.2 Å². The van der Waals surface area contributed by atoms with E-state index in [1.165, 1.54) is 12.7 Å². The molecule has 0 aliphatic rings. The molecule has 20 heavy (non-hydrogen) atoms. The Bertz CT molecular complexity index is 651. The number of ether oxygens (including phenoxy) is 1. The molecule has 0 fully saturated rings. The molecule has 0 spiro atoms. The number of aryl methyl sites for hydroxylation is 1. The molecule has 0 aliphatic heterocycles. The number of rotatable bonds is 3. The van der Waals surface area contributed by atoms with Gasteiger partial charge in [0.25, 0.3) is 0 Å². The van der Waals surface area contributed by atoms with Gasteiger partial charge in [-0.05, 0) is 49.2 Å². The van der Waals surface area contributed by atoms with Crippen molar-refractivity contribution in [3.63, 3.8) is 0 Å². The van der Waals surface area contributed by atoms with Gasteiger partial charge < -0.3 is 15.8 Å². The zero-order valence-electron chi connectivity index (χ0n) is 11.9. The quantitative estimate of drug-likeness (QED) is 0.662. The molecular formula is C16H18N2O2. The topological polar surface area (TPSA) is 64.3 Å². The highest BCUT2D eigenvalue weighted by Crippen LogP contribution is 2.27. The first-order valence-corrected chi connectivity index (χ1v) is 6.34. The molecule has 0 saturated heterocycles. The van der Waals surface area contributed by atoms with Crippen molar-refractivity contribution in [2.45, 2.75) is 13.8 Å². The monoisotopic (exact) mass is 270 g/mol. The number of esters is 1. The lowest BCUT2D eigenvalue weighted by atomic mass is 10.1. The molecule has 4 heteroatoms. The van der Waals surface area contributed by atoms with Gasteiger partial charge in [-0.2, -0.15) is 0 Å². The molecule has 2 aromatic rings. The normalized spacial score (nSPS) is 10.2. The van der Waals surface area contributed by atoms with E-state index in [9.17, 15) is 4.79 Å². The van der Waals surface area contributed by atoms with Crippen LogP contribution in [0.2, 0.25) is 0 Å². The summed E-state index contributed by atoms with van der Waals surface area (Å²) in [5.41, 5.74) is 11.0. The molecule has 0 heterocycles. The number of benzene rings is 2. The van der Waals surface area contributed by atoms with E-state index in [-0.39, 0.29) is 5.97 Å². The highest BCUT2D eigenvalue weighted by molar-refractivity contribution is 5.92. The number of carbonyl (C=O) groups excluding carboxylic acids is 1. The number of hydrogen-bond acceptors (Lipinski definition) is 4. The SMILES string of the molecule is COC(=O)c1ccc(N)c(Nc2cccc(C)c2C)c1. The van der Waals surface area contributed by atoms with Crippen molar-refractivity contribution in [1.29, 1.82) is 0 Å². The molecule has 0 radical (unpaired) electrons. The molecule has 2 rings (SSSR count). The van der Waals surface area contributed by atoms with E-state index in [4.69, 9.17) is 10.5 Å². The predicted molar refractivity (Wildman–Crippen MR) is 81.4 cm³/mol. The van der Waals surface area contributed by atoms with Gasteiger partial charge >= 0.3 is 5.97 Å². The van der Waals surface area contributed by atoms with Crippen LogP contribution in [0.25, 0.3) is 0 Å². The van der Waals surface area contributed by atoms with Crippen LogP contribution in [0, 0.1) is 13.8 Å². The van der Waals surface area contributed by atoms with Crippen molar-refractivity contribution in [2.75, 3.05) is 18.2 Å². The third-order valence-electron chi connectivity index (χ3n) is 3.35. The zero-order valence-corrected chi connectivity index (χ0v) is 11.9. The van der Waals surface area contributed by atoms with Gasteiger partial charge in [0.2, 0.25) is 0 Å². The maximum Gasteiger partial charge on any atom is 0.337 e. The molecule has 0 amide bonds. The van der Waals surface area contributed by atoms with Crippen molar-refractivity contribution in [3.05, 3.63) is 53.1 Å². The summed E-state index contributed by atoms with van der Waals surface area (Å²) in [6.07, 6.45) is 0. The number of methoxy groups -OCH3 is 1. The standard InChI is InChI=1S/C16H18N2O2/c1-10-5-4-6-14(11(10)2)18-15-9-12(16(19)20-3)7-8-13(15)17/h4-9,18H,17H2,1-3H3. The molecule has 0 unspecified atom stereocenters. The highest BCUT2D eigenvalue weighted by atomic mass is 16.5. The third kappa shape index (κ3) is 2.74. The molecule has 0 aliphatic carbocycles. The van der Waals surface area contributed by atoms with Gasteiger partial charge in [0.1, 0.15) is 0 Å². The number of anilines is 3. The second-order valence-corrected chi connectivity index (χ2v) is 4.67. The molecule has 0 atom stereocenters. The summed E-state index contributed by atoms with van der Waals surface area (Å²) in [5, 5.41) is 3.27. The van der Waals surface area contributed by atoms with Crippen LogP contribution in [-0.4, -0.2) is 13.1 Å². The molecule has 0 bridgehead atoms. The average molecular weight is 270 g/mol. The highest BCUT2D eigenvalue weighted by Gasteiger charge is 2.09. The summed E-state index contributed by atoms with van der Waals surface area (Å²) >= 11 is 0. The Labute approximate surface area is 118 Å². The summed E-state index contributed by atoms with van der Waals surface area (Å²) in [4.78, 5) is 11.6. The van der Waals surface area contributed by atoms with Gasteiger partial charge in [0.05, 0.1) is 24.0 Å². The minimum Gasteiger partial charge on any atom is -0.465 e. The number of nitrogens with one attached hydrogen (secondary N) is 1. The van der Waals surface area contributed by atoms with E-state index in [2.05, 4.69) is 18.3 Å². The maximum absolute atomic E-state index is 11.6. The van der Waals surface area contributed by atoms with Gasteiger partial charge in [-0.25, -0.2) is 4.79 Å². The van der Waals surface area contributed by atoms with Crippen LogP contribution in [-0.2, 0) is 4.74 Å². The molecule has 0 saturated carbocycles. The van der Waals surface area contributed by atoms with Gasteiger partial charge in [-0.1, -0.05) is 12.1 Å². The van der Waals surface area contributed by atoms with Gasteiger partial charge in [-0.15, -0.1) is 0 Å². The summed E-state index contributed by atoms with van der Waals surface area (Å²) in [6, 6.07) is 11.0. The van der Waals surface area contributed by atoms with E-state index in [0.717, 1.165) is 11.3 Å². The molecule has 0 aromatic heterocycles. The minimum atomic E-state index is -0.381. The average Bonchev–Trinajstić information content (AvgIpc) is 2.45. The van der Waals surface area contributed by atoms with Crippen molar-refractivity contribution in [1.82, 2.24) is 0 Å². The Morgan fingerprint density at radius 1 is 1.15 bits per heavy atom. The fraction of sp³-hybridized carbons (Fsp3) is 0.188. The first-order chi connectivity index (χ1) is 9.52. The predicted octanol–water partition coefficient (Wildman–Crippen LogP) is 3.42. The Morgan fingerprint density at radius 2 is 1.90 bits per heavy atom. The lowest BCUT2D eigenvalue weighted by Crippen LogP contribution is -2.04. The Morgan fingerprint density at radius 3 is 2.60 bits per heavy atom. The second kappa shape index (κ2) is 5.65. The molecule has 3 N–H and O–H groups in total. The first kappa shape index (κ1) is 13.9. The van der Waals surface area contributed by atoms with E-state index < -0.39 is 0 Å². The Kier molecular flexibility index (Phi) is 3.94. The second-order valence-electron chi connectivity index (χ2n) is 4.67. The van der Waals surface area contributed by atoms with Crippen LogP contribution in [0.15, 0.2) is 36.4 Å². The number of nitrogen functional groups attached to an aromatic ring is 1. The van der Waals surface area contributed by atoms with E-state index >= 15 is 0 Å². The van der Waals surface area contributed by atoms with Crippen LogP contribution in [0.5, 0.6) is 0 Å². The van der Waals surface area contributed by atoms with Crippen LogP contribution in [0.3, 0.4) is 0 Å².